The minimum Gasteiger partial charge on any atom is -0.482 e. The molecule has 20 heavy (non-hydrogen) atoms. The van der Waals surface area contributed by atoms with Gasteiger partial charge in [-0.2, -0.15) is 0 Å². The molecule has 0 fully saturated rings. The van der Waals surface area contributed by atoms with Crippen molar-refractivity contribution in [1.82, 2.24) is 5.32 Å². The number of nitrogens with one attached hydrogen (secondary N) is 1. The summed E-state index contributed by atoms with van der Waals surface area (Å²) in [5, 5.41) is 3.26. The van der Waals surface area contributed by atoms with Crippen LogP contribution in [-0.2, 0) is 16.1 Å². The number of benzene rings is 1. The van der Waals surface area contributed by atoms with Gasteiger partial charge >= 0.3 is 5.97 Å². The zero-order valence-electron chi connectivity index (χ0n) is 12.5. The van der Waals surface area contributed by atoms with Crippen LogP contribution in [0.1, 0.15) is 33.3 Å². The smallest absolute Gasteiger partial charge is 0.344 e. The first-order valence-corrected chi connectivity index (χ1v) is 6.63. The van der Waals surface area contributed by atoms with Gasteiger partial charge in [0.15, 0.2) is 6.61 Å². The number of esters is 1. The number of rotatable bonds is 6. The maximum absolute atomic E-state index is 13.3. The van der Waals surface area contributed by atoms with E-state index >= 15 is 0 Å². The van der Waals surface area contributed by atoms with Gasteiger partial charge in [-0.05, 0) is 45.9 Å². The highest BCUT2D eigenvalue weighted by Gasteiger charge is 2.13. The summed E-state index contributed by atoms with van der Waals surface area (Å²) in [5.41, 5.74) is 0.578. The zero-order chi connectivity index (χ0) is 15.2. The first kappa shape index (κ1) is 16.4. The van der Waals surface area contributed by atoms with Crippen molar-refractivity contribution < 1.29 is 18.7 Å². The van der Waals surface area contributed by atoms with E-state index in [1.807, 2.05) is 20.8 Å². The van der Waals surface area contributed by atoms with Crippen LogP contribution in [0.4, 0.5) is 4.39 Å². The largest absolute Gasteiger partial charge is 0.482 e. The van der Waals surface area contributed by atoms with Crippen molar-refractivity contribution in [2.45, 2.75) is 39.8 Å². The summed E-state index contributed by atoms with van der Waals surface area (Å²) >= 11 is 0. The van der Waals surface area contributed by atoms with Crippen LogP contribution in [0.3, 0.4) is 0 Å². The number of hydrogen-bond acceptors (Lipinski definition) is 4. The van der Waals surface area contributed by atoms with E-state index < -0.39 is 5.97 Å². The third-order valence-electron chi connectivity index (χ3n) is 2.48. The average molecular weight is 283 g/mol. The molecule has 0 atom stereocenters. The summed E-state index contributed by atoms with van der Waals surface area (Å²) in [4.78, 5) is 11.3. The van der Waals surface area contributed by atoms with Crippen LogP contribution in [-0.4, -0.2) is 24.7 Å². The molecular weight excluding hydrogens is 261 g/mol. The monoisotopic (exact) mass is 283 g/mol. The fraction of sp³-hybridized carbons (Fsp3) is 0.533. The third-order valence-corrected chi connectivity index (χ3v) is 2.48. The van der Waals surface area contributed by atoms with Crippen molar-refractivity contribution >= 4 is 5.97 Å². The van der Waals surface area contributed by atoms with Crippen LogP contribution >= 0.6 is 0 Å². The lowest BCUT2D eigenvalue weighted by atomic mass is 10.1. The van der Waals surface area contributed by atoms with Crippen molar-refractivity contribution in [3.8, 4) is 5.75 Å². The fourth-order valence-electron chi connectivity index (χ4n) is 1.53. The Balaban J connectivity index is 2.72. The maximum Gasteiger partial charge on any atom is 0.344 e. The Bertz CT molecular complexity index is 455. The van der Waals surface area contributed by atoms with E-state index in [2.05, 4.69) is 5.32 Å². The van der Waals surface area contributed by atoms with E-state index in [4.69, 9.17) is 9.47 Å². The minimum atomic E-state index is -0.438. The Morgan fingerprint density at radius 2 is 2.05 bits per heavy atom. The van der Waals surface area contributed by atoms with Crippen LogP contribution < -0.4 is 10.1 Å². The van der Waals surface area contributed by atoms with E-state index in [-0.39, 0.29) is 18.0 Å². The lowest BCUT2D eigenvalue weighted by Gasteiger charge is -2.21. The first-order valence-electron chi connectivity index (χ1n) is 6.63. The van der Waals surface area contributed by atoms with E-state index in [0.717, 1.165) is 0 Å². The second-order valence-electron chi connectivity index (χ2n) is 5.45. The molecule has 0 saturated carbocycles. The van der Waals surface area contributed by atoms with Crippen molar-refractivity contribution in [2.75, 3.05) is 13.2 Å². The van der Waals surface area contributed by atoms with Gasteiger partial charge in [0.1, 0.15) is 11.6 Å². The molecule has 1 aromatic carbocycles. The highest BCUT2D eigenvalue weighted by Crippen LogP contribution is 2.20. The van der Waals surface area contributed by atoms with Crippen molar-refractivity contribution in [3.63, 3.8) is 0 Å². The Labute approximate surface area is 119 Å². The molecule has 1 aromatic rings. The van der Waals surface area contributed by atoms with Gasteiger partial charge in [0, 0.05) is 17.6 Å². The predicted octanol–water partition coefficient (Wildman–Crippen LogP) is 2.66. The molecule has 0 radical (unpaired) electrons. The lowest BCUT2D eigenvalue weighted by Crippen LogP contribution is -2.35. The Kier molecular flexibility index (Phi) is 5.95. The van der Waals surface area contributed by atoms with Crippen LogP contribution in [0.15, 0.2) is 18.2 Å². The molecule has 0 heterocycles. The molecule has 0 aliphatic carbocycles. The molecule has 0 spiro atoms. The summed E-state index contributed by atoms with van der Waals surface area (Å²) in [7, 11) is 0. The molecule has 0 saturated heterocycles. The van der Waals surface area contributed by atoms with Crippen molar-refractivity contribution in [2.24, 2.45) is 0 Å². The second kappa shape index (κ2) is 7.24. The summed E-state index contributed by atoms with van der Waals surface area (Å²) < 4.78 is 23.5. The number of hydrogen-bond donors (Lipinski definition) is 1. The lowest BCUT2D eigenvalue weighted by molar-refractivity contribution is -0.145. The molecule has 0 bridgehead atoms. The fourth-order valence-corrected chi connectivity index (χ4v) is 1.53. The summed E-state index contributed by atoms with van der Waals surface area (Å²) in [5.74, 6) is -0.290. The van der Waals surface area contributed by atoms with E-state index in [1.54, 1.807) is 6.92 Å². The standard InChI is InChI=1S/C15H22FNO3/c1-5-19-14(18)10-20-13-7-6-12(16)8-11(13)9-17-15(2,3)4/h6-8,17H,5,9-10H2,1-4H3. The minimum absolute atomic E-state index is 0.0925. The van der Waals surface area contributed by atoms with Gasteiger partial charge in [0.05, 0.1) is 6.61 Å². The molecule has 0 aliphatic heterocycles. The van der Waals surface area contributed by atoms with Gasteiger partial charge in [-0.25, -0.2) is 9.18 Å². The van der Waals surface area contributed by atoms with E-state index in [1.165, 1.54) is 18.2 Å². The van der Waals surface area contributed by atoms with E-state index in [0.29, 0.717) is 24.5 Å². The van der Waals surface area contributed by atoms with Crippen LogP contribution in [0.5, 0.6) is 5.75 Å². The number of carbonyl (C=O) groups excluding carboxylic acids is 1. The molecule has 0 aliphatic rings. The third kappa shape index (κ3) is 6.02. The molecule has 4 nitrogen and oxygen atoms in total. The summed E-state index contributed by atoms with van der Waals surface area (Å²) in [6.45, 7) is 8.38. The number of halogens is 1. The van der Waals surface area contributed by atoms with Gasteiger partial charge in [0.25, 0.3) is 0 Å². The molecule has 0 amide bonds. The Hall–Kier alpha value is -1.62. The maximum atomic E-state index is 13.3. The molecule has 0 aromatic heterocycles. The second-order valence-corrected chi connectivity index (χ2v) is 5.45. The molecule has 0 unspecified atom stereocenters. The van der Waals surface area contributed by atoms with Crippen molar-refractivity contribution in [1.29, 1.82) is 0 Å². The number of ether oxygens (including phenoxy) is 2. The molecule has 112 valence electrons. The molecular formula is C15H22FNO3. The first-order chi connectivity index (χ1) is 9.31. The molecule has 1 rings (SSSR count). The highest BCUT2D eigenvalue weighted by atomic mass is 19.1. The van der Waals surface area contributed by atoms with E-state index in [9.17, 15) is 9.18 Å². The SMILES string of the molecule is CCOC(=O)COc1ccc(F)cc1CNC(C)(C)C. The van der Waals surface area contributed by atoms with Gasteiger partial charge in [-0.15, -0.1) is 0 Å². The average Bonchev–Trinajstić information content (AvgIpc) is 2.34. The van der Waals surface area contributed by atoms with Gasteiger partial charge < -0.3 is 14.8 Å². The normalized spacial score (nSPS) is 11.2. The highest BCUT2D eigenvalue weighted by molar-refractivity contribution is 5.71. The quantitative estimate of drug-likeness (QED) is 0.815. The van der Waals surface area contributed by atoms with Crippen LogP contribution in [0, 0.1) is 5.82 Å². The van der Waals surface area contributed by atoms with Gasteiger partial charge in [-0.3, -0.25) is 0 Å². The zero-order valence-corrected chi connectivity index (χ0v) is 12.5. The van der Waals surface area contributed by atoms with Crippen LogP contribution in [0.2, 0.25) is 0 Å². The van der Waals surface area contributed by atoms with Gasteiger partial charge in [-0.1, -0.05) is 0 Å². The van der Waals surface area contributed by atoms with Crippen LogP contribution in [0.25, 0.3) is 0 Å². The Morgan fingerprint density at radius 1 is 1.35 bits per heavy atom. The van der Waals surface area contributed by atoms with Gasteiger partial charge in [0.2, 0.25) is 0 Å². The summed E-state index contributed by atoms with van der Waals surface area (Å²) in [6.07, 6.45) is 0. The number of carbonyl (C=O) groups is 1. The molecule has 1 N–H and O–H groups in total. The molecule has 5 heteroatoms. The van der Waals surface area contributed by atoms with Crippen molar-refractivity contribution in [3.05, 3.63) is 29.6 Å². The Morgan fingerprint density at radius 3 is 2.65 bits per heavy atom. The predicted molar refractivity (Wildman–Crippen MR) is 75.1 cm³/mol. The topological polar surface area (TPSA) is 47.6 Å². The summed E-state index contributed by atoms with van der Waals surface area (Å²) in [6, 6.07) is 4.23.